The Morgan fingerprint density at radius 3 is 1.12 bits per heavy atom. The number of hydrogen-bond donors (Lipinski definition) is 10. The van der Waals surface area contributed by atoms with Gasteiger partial charge in [-0.25, -0.2) is 29.9 Å². The van der Waals surface area contributed by atoms with E-state index in [0.717, 1.165) is 44.6 Å². The van der Waals surface area contributed by atoms with Gasteiger partial charge in [-0.1, -0.05) is 12.1 Å². The Bertz CT molecular complexity index is 3890. The molecular weight excluding hydrogens is 1280 g/mol. The van der Waals surface area contributed by atoms with Crippen molar-refractivity contribution in [3.05, 3.63) is 102 Å². The van der Waals surface area contributed by atoms with Crippen molar-refractivity contribution in [2.75, 3.05) is 108 Å². The van der Waals surface area contributed by atoms with Crippen LogP contribution in [0, 0.1) is 0 Å². The van der Waals surface area contributed by atoms with Crippen LogP contribution in [-0.2, 0) is 67.9 Å². The van der Waals surface area contributed by atoms with Gasteiger partial charge in [0.15, 0.2) is 34.9 Å². The Morgan fingerprint density at radius 1 is 0.389 bits per heavy atom. The third-order valence-corrected chi connectivity index (χ3v) is 14.6. The van der Waals surface area contributed by atoms with Crippen molar-refractivity contribution in [1.29, 1.82) is 0 Å². The molecule has 0 aliphatic heterocycles. The summed E-state index contributed by atoms with van der Waals surface area (Å²) < 4.78 is 8.37. The topological polar surface area (TPSA) is 404 Å². The lowest BCUT2D eigenvalue weighted by Gasteiger charge is -2.23. The fourth-order valence-electron chi connectivity index (χ4n) is 9.58. The Hall–Kier alpha value is -10.5. The van der Waals surface area contributed by atoms with E-state index in [-0.39, 0.29) is 108 Å². The van der Waals surface area contributed by atoms with Crippen molar-refractivity contribution in [2.45, 2.75) is 51.9 Å². The molecule has 0 aliphatic carbocycles. The summed E-state index contributed by atoms with van der Waals surface area (Å²) in [5.74, 6) is -4.07. The second kappa shape index (κ2) is 34.4. The number of carbonyl (C=O) groups is 10. The van der Waals surface area contributed by atoms with Crippen LogP contribution >= 0.6 is 23.2 Å². The number of nitrogens with zero attached hydrogens (tertiary/aromatic N) is 14. The van der Waals surface area contributed by atoms with E-state index in [1.807, 2.05) is 7.05 Å². The molecular formula is C59H78Cl2N24O10. The molecule has 6 heterocycles. The van der Waals surface area contributed by atoms with E-state index in [4.69, 9.17) is 23.2 Å². The van der Waals surface area contributed by atoms with Gasteiger partial charge in [0.1, 0.15) is 0 Å². The lowest BCUT2D eigenvalue weighted by Crippen LogP contribution is -2.33. The first-order valence-electron chi connectivity index (χ1n) is 30.2. The zero-order valence-electron chi connectivity index (χ0n) is 53.9. The highest BCUT2D eigenvalue weighted by atomic mass is 35.5. The number of amides is 10. The summed E-state index contributed by atoms with van der Waals surface area (Å²) >= 11 is 11.9. The first-order chi connectivity index (χ1) is 45.4. The van der Waals surface area contributed by atoms with Crippen molar-refractivity contribution in [3.63, 3.8) is 0 Å². The summed E-state index contributed by atoms with van der Waals surface area (Å²) in [6.45, 7) is 4.99. The number of halogens is 2. The minimum absolute atomic E-state index is 0.0133. The summed E-state index contributed by atoms with van der Waals surface area (Å²) in [5, 5.41) is 26.5. The smallest absolute Gasteiger partial charge is 0.292 e. The van der Waals surface area contributed by atoms with Crippen LogP contribution in [-0.4, -0.2) is 192 Å². The van der Waals surface area contributed by atoms with E-state index in [0.29, 0.717) is 44.2 Å². The standard InChI is InChI=1S/C59H78Cl2N24O10/c1-36(86)66-39-30-81(5)50(68-39)56(92)76-43-34-83(7)53(72-43)59(95)75-42-33-80(4)49(71-42)55(91)65-25-18-46(88)63-24-19-47(89)67-40-31-82(6)51(69-40)57(93)77-44-35-84(8)52(73-44)58(94)74-41-32-79(3)48(70-41)54(90)64-23-11-27-78(2)26-10-22-62-45(87)13-9-12-37-14-16-38(17-15-37)85(28-20-60)29-21-61/h14-17,30-35H,9-13,18-29H2,1-8H3,(H,62,87)(H,63,88)(H,64,90)(H,65,91)(H,66,86)(H,67,89)(H,74,94)(H,75,95)(H,76,92)(H,77,93). The van der Waals surface area contributed by atoms with Gasteiger partial charge in [-0.2, -0.15) is 0 Å². The molecule has 508 valence electrons. The molecule has 1 aromatic carbocycles. The molecule has 0 atom stereocenters. The van der Waals surface area contributed by atoms with Crippen molar-refractivity contribution in [2.24, 2.45) is 42.3 Å². The van der Waals surface area contributed by atoms with Crippen LogP contribution in [0.5, 0.6) is 0 Å². The maximum absolute atomic E-state index is 13.4. The molecule has 34 nitrogen and oxygen atoms in total. The van der Waals surface area contributed by atoms with Crippen LogP contribution in [0.3, 0.4) is 0 Å². The molecule has 0 fully saturated rings. The Balaban J connectivity index is 0.746. The zero-order valence-corrected chi connectivity index (χ0v) is 55.4. The maximum atomic E-state index is 13.4. The summed E-state index contributed by atoms with van der Waals surface area (Å²) in [4.78, 5) is 158. The number of rotatable bonds is 35. The monoisotopic (exact) mass is 1350 g/mol. The first kappa shape index (κ1) is 72.0. The molecule has 0 saturated heterocycles. The molecule has 0 radical (unpaired) electrons. The Morgan fingerprint density at radius 2 is 0.716 bits per heavy atom. The molecule has 0 unspecified atom stereocenters. The molecule has 7 aromatic rings. The predicted molar refractivity (Wildman–Crippen MR) is 354 cm³/mol. The number of aromatic nitrogens is 12. The van der Waals surface area contributed by atoms with Crippen LogP contribution < -0.4 is 58.1 Å². The summed E-state index contributed by atoms with van der Waals surface area (Å²) in [6, 6.07) is 8.28. The molecule has 6 aromatic heterocycles. The lowest BCUT2D eigenvalue weighted by molar-refractivity contribution is -0.122. The molecule has 0 saturated carbocycles. The number of imidazole rings is 6. The van der Waals surface area contributed by atoms with Crippen molar-refractivity contribution in [1.82, 2.24) is 83.5 Å². The number of benzene rings is 1. The van der Waals surface area contributed by atoms with Crippen LogP contribution in [0.4, 0.5) is 40.6 Å². The fourth-order valence-corrected chi connectivity index (χ4v) is 9.99. The van der Waals surface area contributed by atoms with Crippen LogP contribution in [0.15, 0.2) is 61.4 Å². The summed E-state index contributed by atoms with van der Waals surface area (Å²) in [5.41, 5.74) is 2.24. The van der Waals surface area contributed by atoms with Gasteiger partial charge in [0.25, 0.3) is 35.4 Å². The van der Waals surface area contributed by atoms with Crippen LogP contribution in [0.25, 0.3) is 0 Å². The number of hydrogen-bond acceptors (Lipinski definition) is 18. The van der Waals surface area contributed by atoms with Crippen molar-refractivity contribution < 1.29 is 47.9 Å². The highest BCUT2D eigenvalue weighted by molar-refractivity contribution is 6.18. The quantitative estimate of drug-likeness (QED) is 0.0201. The van der Waals surface area contributed by atoms with Crippen LogP contribution in [0.2, 0.25) is 0 Å². The summed E-state index contributed by atoms with van der Waals surface area (Å²) in [6.07, 6.45) is 11.7. The molecule has 0 aliphatic rings. The van der Waals surface area contributed by atoms with Gasteiger partial charge >= 0.3 is 0 Å². The second-order valence-corrected chi connectivity index (χ2v) is 22.8. The van der Waals surface area contributed by atoms with E-state index in [2.05, 4.69) is 117 Å². The van der Waals surface area contributed by atoms with E-state index < -0.39 is 47.3 Å². The minimum atomic E-state index is -0.708. The molecule has 10 N–H and O–H groups in total. The molecule has 36 heteroatoms. The lowest BCUT2D eigenvalue weighted by atomic mass is 10.1. The SMILES string of the molecule is CC(=O)Nc1cn(C)c(C(=O)Nc2cn(C)c(C(=O)Nc3cn(C)c(C(=O)NCCC(=O)NCCC(=O)Nc4cn(C)c(C(=O)Nc5cn(C)c(C(=O)Nc6cn(C)c(C(=O)NCCCN(C)CCCNC(=O)CCCc7ccc(N(CCCl)CCCl)cc7)n6)n5)n4)n3)n2)n1. The van der Waals surface area contributed by atoms with Gasteiger partial charge in [0.05, 0.1) is 0 Å². The van der Waals surface area contributed by atoms with E-state index in [9.17, 15) is 47.9 Å². The Kier molecular flexibility index (Phi) is 26.1. The average molecular weight is 1350 g/mol. The van der Waals surface area contributed by atoms with E-state index in [1.165, 1.54) is 98.2 Å². The predicted octanol–water partition coefficient (Wildman–Crippen LogP) is 2.19. The highest BCUT2D eigenvalue weighted by Gasteiger charge is 2.25. The van der Waals surface area contributed by atoms with Gasteiger partial charge in [-0.3, -0.25) is 47.9 Å². The molecule has 0 spiro atoms. The van der Waals surface area contributed by atoms with Gasteiger partial charge in [-0.15, -0.1) is 23.2 Å². The number of carbonyl (C=O) groups excluding carboxylic acids is 10. The number of nitrogens with one attached hydrogen (secondary N) is 10. The molecule has 10 amide bonds. The Labute approximate surface area is 556 Å². The van der Waals surface area contributed by atoms with Gasteiger partial charge < -0.3 is 90.4 Å². The van der Waals surface area contributed by atoms with E-state index >= 15 is 0 Å². The zero-order chi connectivity index (χ0) is 68.9. The summed E-state index contributed by atoms with van der Waals surface area (Å²) in [7, 11) is 11.3. The third kappa shape index (κ3) is 21.3. The second-order valence-electron chi connectivity index (χ2n) is 22.0. The number of anilines is 7. The largest absolute Gasteiger partial charge is 0.369 e. The average Bonchev–Trinajstić information content (AvgIpc) is 1.70. The van der Waals surface area contributed by atoms with Gasteiger partial charge in [-0.05, 0) is 63.5 Å². The minimum Gasteiger partial charge on any atom is -0.369 e. The molecule has 0 bridgehead atoms. The maximum Gasteiger partial charge on any atom is 0.292 e. The normalized spacial score (nSPS) is 11.0. The van der Waals surface area contributed by atoms with Crippen molar-refractivity contribution in [3.8, 4) is 0 Å². The first-order valence-corrected chi connectivity index (χ1v) is 31.2. The van der Waals surface area contributed by atoms with E-state index in [1.54, 1.807) is 21.1 Å². The number of alkyl halides is 2. The highest BCUT2D eigenvalue weighted by Crippen LogP contribution is 2.19. The van der Waals surface area contributed by atoms with Gasteiger partial charge in [0.2, 0.25) is 58.6 Å². The molecule has 7 rings (SSSR count). The van der Waals surface area contributed by atoms with Crippen LogP contribution in [0.1, 0.15) is 115 Å². The third-order valence-electron chi connectivity index (χ3n) is 14.2. The molecule has 95 heavy (non-hydrogen) atoms. The van der Waals surface area contributed by atoms with Crippen molar-refractivity contribution >= 4 is 123 Å². The number of aryl methyl sites for hydroxylation is 7. The van der Waals surface area contributed by atoms with Gasteiger partial charge in [0, 0.05) is 162 Å². The fraction of sp³-hybridized carbons (Fsp3) is 0.424.